The van der Waals surface area contributed by atoms with E-state index in [1.54, 1.807) is 11.0 Å². The van der Waals surface area contributed by atoms with Crippen LogP contribution in [0, 0.1) is 0 Å². The number of benzene rings is 1. The van der Waals surface area contributed by atoms with E-state index in [4.69, 9.17) is 0 Å². The van der Waals surface area contributed by atoms with Crippen LogP contribution < -0.4 is 5.32 Å². The maximum Gasteiger partial charge on any atom is 0.140 e. The minimum Gasteiger partial charge on any atom is -0.303 e. The van der Waals surface area contributed by atoms with Gasteiger partial charge in [-0.2, -0.15) is 5.10 Å². The first-order chi connectivity index (χ1) is 7.77. The summed E-state index contributed by atoms with van der Waals surface area (Å²) in [6.45, 7) is 2.87. The van der Waals surface area contributed by atoms with Gasteiger partial charge in [0.15, 0.2) is 0 Å². The number of aryl methyl sites for hydroxylation is 1. The molecule has 4 nitrogen and oxygen atoms in total. The van der Waals surface area contributed by atoms with Crippen LogP contribution in [0.3, 0.4) is 0 Å². The Morgan fingerprint density at radius 2 is 2.06 bits per heavy atom. The summed E-state index contributed by atoms with van der Waals surface area (Å²) in [7, 11) is 1.90. The normalized spacial score (nSPS) is 12.6. The molecule has 1 aromatic carbocycles. The molecule has 0 radical (unpaired) electrons. The van der Waals surface area contributed by atoms with E-state index in [1.807, 2.05) is 13.1 Å². The monoisotopic (exact) mass is 216 g/mol. The van der Waals surface area contributed by atoms with Crippen LogP contribution >= 0.6 is 0 Å². The largest absolute Gasteiger partial charge is 0.303 e. The molecule has 16 heavy (non-hydrogen) atoms. The second-order valence-corrected chi connectivity index (χ2v) is 3.81. The predicted octanol–water partition coefficient (Wildman–Crippen LogP) is 1.67. The Bertz CT molecular complexity index is 435. The number of hydrogen-bond acceptors (Lipinski definition) is 3. The van der Waals surface area contributed by atoms with Crippen molar-refractivity contribution in [1.29, 1.82) is 0 Å². The van der Waals surface area contributed by atoms with Crippen molar-refractivity contribution < 1.29 is 0 Å². The molecule has 0 bridgehead atoms. The van der Waals surface area contributed by atoms with Gasteiger partial charge in [-0.25, -0.2) is 4.98 Å². The quantitative estimate of drug-likeness (QED) is 0.845. The minimum absolute atomic E-state index is 0.318. The first-order valence-corrected chi connectivity index (χ1v) is 5.38. The van der Waals surface area contributed by atoms with E-state index >= 15 is 0 Å². The van der Waals surface area contributed by atoms with Crippen molar-refractivity contribution >= 4 is 0 Å². The average Bonchev–Trinajstić information content (AvgIpc) is 2.73. The van der Waals surface area contributed by atoms with Crippen LogP contribution in [0.4, 0.5) is 0 Å². The van der Waals surface area contributed by atoms with Gasteiger partial charge in [0.1, 0.15) is 12.2 Å². The van der Waals surface area contributed by atoms with Gasteiger partial charge in [-0.1, -0.05) is 30.3 Å². The Hall–Kier alpha value is -1.68. The van der Waals surface area contributed by atoms with E-state index in [0.717, 1.165) is 12.4 Å². The molecule has 0 aliphatic heterocycles. The first-order valence-electron chi connectivity index (χ1n) is 5.38. The van der Waals surface area contributed by atoms with Crippen molar-refractivity contribution in [3.63, 3.8) is 0 Å². The number of hydrogen-bond donors (Lipinski definition) is 1. The second kappa shape index (κ2) is 4.90. The maximum absolute atomic E-state index is 4.17. The Morgan fingerprint density at radius 1 is 1.31 bits per heavy atom. The Labute approximate surface area is 95.3 Å². The Kier molecular flexibility index (Phi) is 3.31. The lowest BCUT2D eigenvalue weighted by Crippen LogP contribution is -2.20. The lowest BCUT2D eigenvalue weighted by molar-refractivity contribution is 0.540. The highest BCUT2D eigenvalue weighted by Gasteiger charge is 2.05. The zero-order valence-electron chi connectivity index (χ0n) is 9.59. The van der Waals surface area contributed by atoms with Gasteiger partial charge in [-0.05, 0) is 12.5 Å². The highest BCUT2D eigenvalue weighted by Crippen LogP contribution is 2.11. The topological polar surface area (TPSA) is 42.7 Å². The van der Waals surface area contributed by atoms with Crippen molar-refractivity contribution in [2.45, 2.75) is 19.5 Å². The fourth-order valence-electron chi connectivity index (χ4n) is 1.58. The summed E-state index contributed by atoms with van der Waals surface area (Å²) in [6, 6.07) is 10.7. The summed E-state index contributed by atoms with van der Waals surface area (Å²) in [5.74, 6) is 0.947. The second-order valence-electron chi connectivity index (χ2n) is 3.81. The molecule has 1 atom stereocenters. The highest BCUT2D eigenvalue weighted by molar-refractivity contribution is 5.18. The van der Waals surface area contributed by atoms with Crippen molar-refractivity contribution in [2.75, 3.05) is 0 Å². The molecule has 1 N–H and O–H groups in total. The van der Waals surface area contributed by atoms with Crippen molar-refractivity contribution in [2.24, 2.45) is 7.05 Å². The van der Waals surface area contributed by atoms with Crippen LogP contribution in [-0.2, 0) is 13.6 Å². The third kappa shape index (κ3) is 2.46. The fourth-order valence-corrected chi connectivity index (χ4v) is 1.58. The molecule has 4 heteroatoms. The van der Waals surface area contributed by atoms with Gasteiger partial charge in [0, 0.05) is 13.1 Å². The maximum atomic E-state index is 4.17. The van der Waals surface area contributed by atoms with E-state index in [9.17, 15) is 0 Å². The summed E-state index contributed by atoms with van der Waals surface area (Å²) in [5, 5.41) is 7.45. The third-order valence-corrected chi connectivity index (χ3v) is 2.67. The van der Waals surface area contributed by atoms with Gasteiger partial charge in [0.25, 0.3) is 0 Å². The molecule has 0 saturated heterocycles. The molecule has 1 heterocycles. The summed E-state index contributed by atoms with van der Waals surface area (Å²) in [6.07, 6.45) is 1.57. The summed E-state index contributed by atoms with van der Waals surface area (Å²) < 4.78 is 1.78. The molecule has 0 aliphatic rings. The van der Waals surface area contributed by atoms with E-state index < -0.39 is 0 Å². The van der Waals surface area contributed by atoms with Crippen LogP contribution in [0.2, 0.25) is 0 Å². The SMILES string of the molecule is C[C@H](NCc1ncnn1C)c1ccccc1. The Morgan fingerprint density at radius 3 is 2.69 bits per heavy atom. The van der Waals surface area contributed by atoms with E-state index in [1.165, 1.54) is 5.56 Å². The van der Waals surface area contributed by atoms with Crippen LogP contribution in [0.25, 0.3) is 0 Å². The first kappa shape index (κ1) is 10.8. The molecule has 0 amide bonds. The van der Waals surface area contributed by atoms with Crippen LogP contribution in [-0.4, -0.2) is 14.8 Å². The van der Waals surface area contributed by atoms with Crippen LogP contribution in [0.5, 0.6) is 0 Å². The van der Waals surface area contributed by atoms with E-state index in [2.05, 4.69) is 46.6 Å². The fraction of sp³-hybridized carbons (Fsp3) is 0.333. The molecule has 1 aromatic heterocycles. The van der Waals surface area contributed by atoms with Gasteiger partial charge in [0.2, 0.25) is 0 Å². The molecule has 0 unspecified atom stereocenters. The minimum atomic E-state index is 0.318. The summed E-state index contributed by atoms with van der Waals surface area (Å²) >= 11 is 0. The van der Waals surface area contributed by atoms with Gasteiger partial charge in [-0.3, -0.25) is 4.68 Å². The standard InChI is InChI=1S/C12H16N4/c1-10(11-6-4-3-5-7-11)13-8-12-14-9-15-16(12)2/h3-7,9-10,13H,8H2,1-2H3/t10-/m0/s1. The molecule has 0 spiro atoms. The number of nitrogens with one attached hydrogen (secondary N) is 1. The molecule has 84 valence electrons. The van der Waals surface area contributed by atoms with Crippen LogP contribution in [0.1, 0.15) is 24.4 Å². The molecular formula is C12H16N4. The predicted molar refractivity (Wildman–Crippen MR) is 62.7 cm³/mol. The van der Waals surface area contributed by atoms with Gasteiger partial charge in [0.05, 0.1) is 6.54 Å². The molecule has 0 aliphatic carbocycles. The van der Waals surface area contributed by atoms with Crippen molar-refractivity contribution in [3.8, 4) is 0 Å². The number of nitrogens with zero attached hydrogens (tertiary/aromatic N) is 3. The van der Waals surface area contributed by atoms with Gasteiger partial charge < -0.3 is 5.32 Å². The lowest BCUT2D eigenvalue weighted by Gasteiger charge is -2.13. The van der Waals surface area contributed by atoms with E-state index in [-0.39, 0.29) is 0 Å². The summed E-state index contributed by atoms with van der Waals surface area (Å²) in [4.78, 5) is 4.17. The average molecular weight is 216 g/mol. The molecule has 0 fully saturated rings. The lowest BCUT2D eigenvalue weighted by atomic mass is 10.1. The van der Waals surface area contributed by atoms with Crippen LogP contribution in [0.15, 0.2) is 36.7 Å². The molecule has 2 rings (SSSR count). The van der Waals surface area contributed by atoms with Gasteiger partial charge >= 0.3 is 0 Å². The molecule has 2 aromatic rings. The summed E-state index contributed by atoms with van der Waals surface area (Å²) in [5.41, 5.74) is 1.28. The van der Waals surface area contributed by atoms with Crippen molar-refractivity contribution in [3.05, 3.63) is 48.0 Å². The number of aromatic nitrogens is 3. The number of rotatable bonds is 4. The zero-order chi connectivity index (χ0) is 11.4. The van der Waals surface area contributed by atoms with E-state index in [0.29, 0.717) is 6.04 Å². The Balaban J connectivity index is 1.94. The van der Waals surface area contributed by atoms with Crippen molar-refractivity contribution in [1.82, 2.24) is 20.1 Å². The molecule has 0 saturated carbocycles. The van der Waals surface area contributed by atoms with Gasteiger partial charge in [-0.15, -0.1) is 0 Å². The molecular weight excluding hydrogens is 200 g/mol. The third-order valence-electron chi connectivity index (χ3n) is 2.67. The highest BCUT2D eigenvalue weighted by atomic mass is 15.3. The zero-order valence-corrected chi connectivity index (χ0v) is 9.59. The smallest absolute Gasteiger partial charge is 0.140 e.